The van der Waals surface area contributed by atoms with E-state index in [1.807, 2.05) is 36.4 Å². The summed E-state index contributed by atoms with van der Waals surface area (Å²) in [4.78, 5) is 16.3. The van der Waals surface area contributed by atoms with Crippen molar-refractivity contribution in [3.05, 3.63) is 84.1 Å². The van der Waals surface area contributed by atoms with E-state index in [0.29, 0.717) is 18.8 Å². The maximum absolute atomic E-state index is 12.1. The molecular weight excluding hydrogens is 314 g/mol. The standard InChI is InChI=1S/C20H21N3O2/c24-20(21-12-4-8-16-6-2-1-3-7-16)19-11-10-17(14-23-19)22-15-18-9-5-13-25-18/h1-3,5-7,9-11,13-14,22H,4,8,12,15H2,(H,21,24). The number of amides is 1. The van der Waals surface area contributed by atoms with Crippen molar-refractivity contribution in [2.45, 2.75) is 19.4 Å². The molecule has 0 radical (unpaired) electrons. The molecule has 1 aromatic carbocycles. The number of aromatic nitrogens is 1. The third-order valence-electron chi connectivity index (χ3n) is 3.81. The molecule has 1 amide bonds. The van der Waals surface area contributed by atoms with Crippen LogP contribution in [0.15, 0.2) is 71.5 Å². The van der Waals surface area contributed by atoms with Gasteiger partial charge in [-0.3, -0.25) is 4.79 Å². The van der Waals surface area contributed by atoms with E-state index in [1.165, 1.54) is 5.56 Å². The third kappa shape index (κ3) is 5.21. The van der Waals surface area contributed by atoms with Gasteiger partial charge < -0.3 is 15.1 Å². The average molecular weight is 335 g/mol. The third-order valence-corrected chi connectivity index (χ3v) is 3.81. The minimum Gasteiger partial charge on any atom is -0.467 e. The van der Waals surface area contributed by atoms with Crippen molar-refractivity contribution in [1.82, 2.24) is 10.3 Å². The Labute approximate surface area is 147 Å². The number of nitrogens with zero attached hydrogens (tertiary/aromatic N) is 1. The van der Waals surface area contributed by atoms with Crippen molar-refractivity contribution in [2.75, 3.05) is 11.9 Å². The van der Waals surface area contributed by atoms with Gasteiger partial charge >= 0.3 is 0 Å². The largest absolute Gasteiger partial charge is 0.467 e. The summed E-state index contributed by atoms with van der Waals surface area (Å²) in [5, 5.41) is 6.10. The molecule has 0 unspecified atom stereocenters. The first-order chi connectivity index (χ1) is 12.3. The van der Waals surface area contributed by atoms with E-state index in [0.717, 1.165) is 24.3 Å². The van der Waals surface area contributed by atoms with Crippen LogP contribution in [-0.4, -0.2) is 17.4 Å². The summed E-state index contributed by atoms with van der Waals surface area (Å²) in [5.74, 6) is 0.700. The predicted molar refractivity (Wildman–Crippen MR) is 97.4 cm³/mol. The number of hydrogen-bond donors (Lipinski definition) is 2. The Balaban J connectivity index is 1.41. The van der Waals surface area contributed by atoms with Crippen LogP contribution in [0.2, 0.25) is 0 Å². The molecule has 0 spiro atoms. The SMILES string of the molecule is O=C(NCCCc1ccccc1)c1ccc(NCc2ccco2)cn1. The Kier molecular flexibility index (Phi) is 5.82. The second-order valence-corrected chi connectivity index (χ2v) is 5.71. The highest BCUT2D eigenvalue weighted by Gasteiger charge is 2.06. The summed E-state index contributed by atoms with van der Waals surface area (Å²) in [6.45, 7) is 1.22. The molecule has 25 heavy (non-hydrogen) atoms. The van der Waals surface area contributed by atoms with E-state index in [2.05, 4.69) is 27.8 Å². The van der Waals surface area contributed by atoms with Crippen LogP contribution >= 0.6 is 0 Å². The molecule has 0 atom stereocenters. The molecule has 0 bridgehead atoms. The summed E-state index contributed by atoms with van der Waals surface area (Å²) in [5.41, 5.74) is 2.54. The molecular formula is C20H21N3O2. The zero-order valence-corrected chi connectivity index (χ0v) is 13.9. The van der Waals surface area contributed by atoms with Gasteiger partial charge in [0, 0.05) is 6.54 Å². The number of anilines is 1. The second-order valence-electron chi connectivity index (χ2n) is 5.71. The smallest absolute Gasteiger partial charge is 0.269 e. The fourth-order valence-electron chi connectivity index (χ4n) is 2.46. The fourth-order valence-corrected chi connectivity index (χ4v) is 2.46. The van der Waals surface area contributed by atoms with Crippen molar-refractivity contribution >= 4 is 11.6 Å². The summed E-state index contributed by atoms with van der Waals surface area (Å²) in [6, 6.07) is 17.6. The van der Waals surface area contributed by atoms with Gasteiger partial charge in [-0.15, -0.1) is 0 Å². The van der Waals surface area contributed by atoms with Gasteiger partial charge in [-0.1, -0.05) is 30.3 Å². The number of aryl methyl sites for hydroxylation is 1. The molecule has 2 heterocycles. The van der Waals surface area contributed by atoms with E-state index in [9.17, 15) is 4.79 Å². The van der Waals surface area contributed by atoms with Crippen LogP contribution in [0.5, 0.6) is 0 Å². The highest BCUT2D eigenvalue weighted by Crippen LogP contribution is 2.09. The summed E-state index contributed by atoms with van der Waals surface area (Å²) < 4.78 is 5.26. The lowest BCUT2D eigenvalue weighted by atomic mass is 10.1. The van der Waals surface area contributed by atoms with Crippen LogP contribution in [0.3, 0.4) is 0 Å². The van der Waals surface area contributed by atoms with Crippen LogP contribution in [-0.2, 0) is 13.0 Å². The maximum Gasteiger partial charge on any atom is 0.269 e. The highest BCUT2D eigenvalue weighted by atomic mass is 16.3. The van der Waals surface area contributed by atoms with Gasteiger partial charge in [0.2, 0.25) is 0 Å². The number of nitrogens with one attached hydrogen (secondary N) is 2. The number of carbonyl (C=O) groups is 1. The molecule has 2 N–H and O–H groups in total. The first-order valence-corrected chi connectivity index (χ1v) is 8.36. The van der Waals surface area contributed by atoms with Crippen molar-refractivity contribution in [3.63, 3.8) is 0 Å². The topological polar surface area (TPSA) is 67.2 Å². The van der Waals surface area contributed by atoms with Crippen molar-refractivity contribution in [2.24, 2.45) is 0 Å². The molecule has 128 valence electrons. The predicted octanol–water partition coefficient (Wildman–Crippen LogP) is 3.65. The Bertz CT molecular complexity index is 768. The monoisotopic (exact) mass is 335 g/mol. The van der Waals surface area contributed by atoms with Gasteiger partial charge in [0.15, 0.2) is 0 Å². The number of hydrogen-bond acceptors (Lipinski definition) is 4. The average Bonchev–Trinajstić information content (AvgIpc) is 3.18. The molecule has 2 aromatic heterocycles. The Morgan fingerprint density at radius 3 is 2.64 bits per heavy atom. The van der Waals surface area contributed by atoms with Crippen LogP contribution < -0.4 is 10.6 Å². The summed E-state index contributed by atoms with van der Waals surface area (Å²) in [6.07, 6.45) is 5.14. The van der Waals surface area contributed by atoms with Gasteiger partial charge in [-0.05, 0) is 42.7 Å². The van der Waals surface area contributed by atoms with Crippen LogP contribution in [0.4, 0.5) is 5.69 Å². The molecule has 5 heteroatoms. The fraction of sp³-hybridized carbons (Fsp3) is 0.200. The second kappa shape index (κ2) is 8.68. The highest BCUT2D eigenvalue weighted by molar-refractivity contribution is 5.92. The lowest BCUT2D eigenvalue weighted by Gasteiger charge is -2.07. The number of rotatable bonds is 8. The van der Waals surface area contributed by atoms with Crippen molar-refractivity contribution in [1.29, 1.82) is 0 Å². The van der Waals surface area contributed by atoms with Crippen molar-refractivity contribution in [3.8, 4) is 0 Å². The van der Waals surface area contributed by atoms with Gasteiger partial charge in [0.25, 0.3) is 5.91 Å². The molecule has 0 fully saturated rings. The zero-order chi connectivity index (χ0) is 17.3. The lowest BCUT2D eigenvalue weighted by Crippen LogP contribution is -2.25. The number of benzene rings is 1. The van der Waals surface area contributed by atoms with Gasteiger partial charge in [-0.2, -0.15) is 0 Å². The number of carbonyl (C=O) groups excluding carboxylic acids is 1. The lowest BCUT2D eigenvalue weighted by molar-refractivity contribution is 0.0948. The molecule has 0 aliphatic heterocycles. The Morgan fingerprint density at radius 1 is 1.04 bits per heavy atom. The summed E-state index contributed by atoms with van der Waals surface area (Å²) >= 11 is 0. The maximum atomic E-state index is 12.1. The van der Waals surface area contributed by atoms with E-state index in [4.69, 9.17) is 4.42 Å². The normalized spacial score (nSPS) is 10.4. The molecule has 3 aromatic rings. The first-order valence-electron chi connectivity index (χ1n) is 8.36. The molecule has 0 saturated heterocycles. The molecule has 3 rings (SSSR count). The minimum absolute atomic E-state index is 0.148. The molecule has 0 aliphatic carbocycles. The quantitative estimate of drug-likeness (QED) is 0.617. The van der Waals surface area contributed by atoms with E-state index < -0.39 is 0 Å². The Hall–Kier alpha value is -3.08. The zero-order valence-electron chi connectivity index (χ0n) is 13.9. The van der Waals surface area contributed by atoms with Crippen LogP contribution in [0.1, 0.15) is 28.2 Å². The van der Waals surface area contributed by atoms with E-state index >= 15 is 0 Å². The van der Waals surface area contributed by atoms with E-state index in [1.54, 1.807) is 18.5 Å². The van der Waals surface area contributed by atoms with Crippen LogP contribution in [0.25, 0.3) is 0 Å². The van der Waals surface area contributed by atoms with Crippen LogP contribution in [0, 0.1) is 0 Å². The number of pyridine rings is 1. The van der Waals surface area contributed by atoms with Gasteiger partial charge in [0.1, 0.15) is 11.5 Å². The van der Waals surface area contributed by atoms with Gasteiger partial charge in [0.05, 0.1) is 24.7 Å². The van der Waals surface area contributed by atoms with Crippen molar-refractivity contribution < 1.29 is 9.21 Å². The molecule has 0 aliphatic rings. The first kappa shape index (κ1) is 16.8. The minimum atomic E-state index is -0.148. The Morgan fingerprint density at radius 2 is 1.92 bits per heavy atom. The summed E-state index contributed by atoms with van der Waals surface area (Å²) in [7, 11) is 0. The molecule has 0 saturated carbocycles. The molecule has 5 nitrogen and oxygen atoms in total. The number of furan rings is 1. The van der Waals surface area contributed by atoms with E-state index in [-0.39, 0.29) is 5.91 Å². The van der Waals surface area contributed by atoms with Gasteiger partial charge in [-0.25, -0.2) is 4.98 Å².